The smallest absolute Gasteiger partial charge is 0.351 e. The number of anilines is 1. The van der Waals surface area contributed by atoms with Gasteiger partial charge in [0, 0.05) is 25.2 Å². The van der Waals surface area contributed by atoms with Crippen molar-refractivity contribution >= 4 is 23.5 Å². The molecule has 0 aromatic heterocycles. The number of rotatable bonds is 4. The first-order chi connectivity index (χ1) is 12.5. The molecule has 148 valence electrons. The van der Waals surface area contributed by atoms with Crippen molar-refractivity contribution in [2.24, 2.45) is 0 Å². The SMILES string of the molecule is CC(=O)O[C@@H](C(=O)OC(C)(C)C)[C@H]1OCCN(c2cc(F)cc(F)c2)C1=O. The van der Waals surface area contributed by atoms with Crippen molar-refractivity contribution in [3.05, 3.63) is 29.8 Å². The van der Waals surface area contributed by atoms with Gasteiger partial charge >= 0.3 is 11.9 Å². The fraction of sp³-hybridized carbons (Fsp3) is 0.500. The molecule has 2 rings (SSSR count). The van der Waals surface area contributed by atoms with E-state index in [0.717, 1.165) is 24.0 Å². The van der Waals surface area contributed by atoms with E-state index in [4.69, 9.17) is 14.2 Å². The third kappa shape index (κ3) is 5.46. The number of carbonyl (C=O) groups excluding carboxylic acids is 3. The maximum Gasteiger partial charge on any atom is 0.351 e. The summed E-state index contributed by atoms with van der Waals surface area (Å²) in [6, 6.07) is 2.64. The zero-order chi connectivity index (χ0) is 20.4. The van der Waals surface area contributed by atoms with Crippen molar-refractivity contribution in [1.82, 2.24) is 0 Å². The molecule has 1 fully saturated rings. The lowest BCUT2D eigenvalue weighted by Crippen LogP contribution is -2.56. The van der Waals surface area contributed by atoms with Crippen LogP contribution in [0.5, 0.6) is 0 Å². The Hall–Kier alpha value is -2.55. The number of halogens is 2. The van der Waals surface area contributed by atoms with Gasteiger partial charge in [-0.3, -0.25) is 9.59 Å². The van der Waals surface area contributed by atoms with E-state index in [2.05, 4.69) is 0 Å². The molecule has 2 atom stereocenters. The number of carbonyl (C=O) groups is 3. The van der Waals surface area contributed by atoms with Crippen LogP contribution in [0, 0.1) is 11.6 Å². The third-order valence-electron chi connectivity index (χ3n) is 3.49. The van der Waals surface area contributed by atoms with E-state index in [1.807, 2.05) is 0 Å². The number of esters is 2. The molecule has 0 radical (unpaired) electrons. The van der Waals surface area contributed by atoms with Crippen molar-refractivity contribution in [2.45, 2.75) is 45.5 Å². The quantitative estimate of drug-likeness (QED) is 0.737. The highest BCUT2D eigenvalue weighted by molar-refractivity contribution is 6.00. The van der Waals surface area contributed by atoms with Crippen LogP contribution in [-0.2, 0) is 28.6 Å². The molecule has 1 saturated heterocycles. The normalized spacial score (nSPS) is 18.8. The molecule has 0 bridgehead atoms. The minimum absolute atomic E-state index is 0.0132. The number of benzene rings is 1. The molecular weight excluding hydrogens is 364 g/mol. The zero-order valence-corrected chi connectivity index (χ0v) is 15.5. The summed E-state index contributed by atoms with van der Waals surface area (Å²) in [5, 5.41) is 0. The van der Waals surface area contributed by atoms with Crippen LogP contribution in [0.3, 0.4) is 0 Å². The third-order valence-corrected chi connectivity index (χ3v) is 3.49. The molecule has 1 aromatic carbocycles. The summed E-state index contributed by atoms with van der Waals surface area (Å²) in [6.45, 7) is 5.89. The lowest BCUT2D eigenvalue weighted by atomic mass is 10.1. The van der Waals surface area contributed by atoms with Crippen LogP contribution in [0.4, 0.5) is 14.5 Å². The second-order valence-electron chi connectivity index (χ2n) is 6.97. The molecule has 0 saturated carbocycles. The van der Waals surface area contributed by atoms with E-state index < -0.39 is 47.3 Å². The van der Waals surface area contributed by atoms with Crippen molar-refractivity contribution in [2.75, 3.05) is 18.1 Å². The number of nitrogens with zero attached hydrogens (tertiary/aromatic N) is 1. The predicted molar refractivity (Wildman–Crippen MR) is 89.9 cm³/mol. The largest absolute Gasteiger partial charge is 0.457 e. The van der Waals surface area contributed by atoms with Gasteiger partial charge in [0.05, 0.1) is 6.61 Å². The zero-order valence-electron chi connectivity index (χ0n) is 15.5. The Morgan fingerprint density at radius 3 is 2.33 bits per heavy atom. The predicted octanol–water partition coefficient (Wildman–Crippen LogP) is 1.97. The Bertz CT molecular complexity index is 726. The summed E-state index contributed by atoms with van der Waals surface area (Å²) in [6.07, 6.45) is -3.14. The highest BCUT2D eigenvalue weighted by atomic mass is 19.1. The first-order valence-corrected chi connectivity index (χ1v) is 8.27. The first kappa shape index (κ1) is 20.8. The Labute approximate surface area is 155 Å². The van der Waals surface area contributed by atoms with E-state index in [1.54, 1.807) is 20.8 Å². The Balaban J connectivity index is 2.31. The van der Waals surface area contributed by atoms with Crippen LogP contribution in [-0.4, -0.2) is 48.8 Å². The van der Waals surface area contributed by atoms with Crippen LogP contribution < -0.4 is 4.90 Å². The molecule has 1 aromatic rings. The minimum Gasteiger partial charge on any atom is -0.457 e. The Morgan fingerprint density at radius 1 is 1.22 bits per heavy atom. The van der Waals surface area contributed by atoms with Crippen LogP contribution in [0.2, 0.25) is 0 Å². The van der Waals surface area contributed by atoms with Gasteiger partial charge in [0.2, 0.25) is 6.10 Å². The average molecular weight is 385 g/mol. The molecular formula is C18H21F2NO6. The van der Waals surface area contributed by atoms with Crippen LogP contribution in [0.1, 0.15) is 27.7 Å². The van der Waals surface area contributed by atoms with E-state index in [-0.39, 0.29) is 18.8 Å². The monoisotopic (exact) mass is 385 g/mol. The van der Waals surface area contributed by atoms with Crippen molar-refractivity contribution in [1.29, 1.82) is 0 Å². The van der Waals surface area contributed by atoms with E-state index in [1.165, 1.54) is 0 Å². The molecule has 1 aliphatic heterocycles. The van der Waals surface area contributed by atoms with Gasteiger partial charge < -0.3 is 19.1 Å². The maximum atomic E-state index is 13.5. The highest BCUT2D eigenvalue weighted by Gasteiger charge is 2.44. The van der Waals surface area contributed by atoms with E-state index in [0.29, 0.717) is 6.07 Å². The summed E-state index contributed by atoms with van der Waals surface area (Å²) < 4.78 is 42.5. The topological polar surface area (TPSA) is 82.1 Å². The number of amides is 1. The van der Waals surface area contributed by atoms with Gasteiger partial charge in [-0.15, -0.1) is 0 Å². The lowest BCUT2D eigenvalue weighted by Gasteiger charge is -2.35. The lowest BCUT2D eigenvalue weighted by molar-refractivity contribution is -0.188. The van der Waals surface area contributed by atoms with Gasteiger partial charge in [0.1, 0.15) is 17.2 Å². The van der Waals surface area contributed by atoms with Crippen molar-refractivity contribution in [3.63, 3.8) is 0 Å². The first-order valence-electron chi connectivity index (χ1n) is 8.27. The molecule has 1 heterocycles. The van der Waals surface area contributed by atoms with Gasteiger partial charge in [0.25, 0.3) is 5.91 Å². The van der Waals surface area contributed by atoms with E-state index in [9.17, 15) is 23.2 Å². The molecule has 0 N–H and O–H groups in total. The molecule has 1 amide bonds. The Kier molecular flexibility index (Phi) is 6.15. The fourth-order valence-electron chi connectivity index (χ4n) is 2.55. The van der Waals surface area contributed by atoms with Gasteiger partial charge in [0.15, 0.2) is 6.10 Å². The van der Waals surface area contributed by atoms with Crippen molar-refractivity contribution < 1.29 is 37.4 Å². The molecule has 0 aliphatic carbocycles. The van der Waals surface area contributed by atoms with Crippen LogP contribution in [0.15, 0.2) is 18.2 Å². The summed E-state index contributed by atoms with van der Waals surface area (Å²) in [7, 11) is 0. The molecule has 0 spiro atoms. The van der Waals surface area contributed by atoms with Crippen molar-refractivity contribution in [3.8, 4) is 0 Å². The molecule has 7 nitrogen and oxygen atoms in total. The van der Waals surface area contributed by atoms with Gasteiger partial charge in [-0.25, -0.2) is 13.6 Å². The molecule has 9 heteroatoms. The number of hydrogen-bond acceptors (Lipinski definition) is 6. The molecule has 27 heavy (non-hydrogen) atoms. The minimum atomic E-state index is -1.64. The summed E-state index contributed by atoms with van der Waals surface area (Å²) in [5.74, 6) is -4.25. The van der Waals surface area contributed by atoms with Crippen LogP contribution in [0.25, 0.3) is 0 Å². The summed E-state index contributed by atoms with van der Waals surface area (Å²) >= 11 is 0. The Morgan fingerprint density at radius 2 is 1.81 bits per heavy atom. The second-order valence-corrected chi connectivity index (χ2v) is 6.97. The summed E-state index contributed by atoms with van der Waals surface area (Å²) in [5.41, 5.74) is -0.921. The van der Waals surface area contributed by atoms with Gasteiger partial charge in [-0.05, 0) is 32.9 Å². The van der Waals surface area contributed by atoms with E-state index >= 15 is 0 Å². The summed E-state index contributed by atoms with van der Waals surface area (Å²) in [4.78, 5) is 37.7. The number of ether oxygens (including phenoxy) is 3. The number of hydrogen-bond donors (Lipinski definition) is 0. The maximum absolute atomic E-state index is 13.5. The standard InChI is InChI=1S/C18H21F2NO6/c1-10(22)26-15(17(24)27-18(2,3)4)14-16(23)21(5-6-25-14)13-8-11(19)7-12(20)9-13/h7-9,14-15H,5-6H2,1-4H3/t14-,15-/m1/s1. The molecule has 1 aliphatic rings. The number of morpholine rings is 1. The second kappa shape index (κ2) is 7.99. The fourth-order valence-corrected chi connectivity index (χ4v) is 2.55. The average Bonchev–Trinajstić information content (AvgIpc) is 2.50. The molecule has 0 unspecified atom stereocenters. The van der Waals surface area contributed by atoms with Crippen LogP contribution >= 0.6 is 0 Å². The highest BCUT2D eigenvalue weighted by Crippen LogP contribution is 2.24. The van der Waals surface area contributed by atoms with Gasteiger partial charge in [-0.2, -0.15) is 0 Å². The van der Waals surface area contributed by atoms with Gasteiger partial charge in [-0.1, -0.05) is 0 Å².